The van der Waals surface area contributed by atoms with Gasteiger partial charge in [-0.25, -0.2) is 4.98 Å². The topological polar surface area (TPSA) is 34.1 Å². The van der Waals surface area contributed by atoms with E-state index in [-0.39, 0.29) is 5.54 Å². The van der Waals surface area contributed by atoms with Gasteiger partial charge in [0.05, 0.1) is 12.3 Å². The summed E-state index contributed by atoms with van der Waals surface area (Å²) in [6.45, 7) is 11.1. The molecule has 0 aliphatic carbocycles. The van der Waals surface area contributed by atoms with Crippen LogP contribution in [0.3, 0.4) is 0 Å². The van der Waals surface area contributed by atoms with Gasteiger partial charge in [-0.05, 0) is 27.2 Å². The van der Waals surface area contributed by atoms with E-state index in [1.54, 1.807) is 11.3 Å². The zero-order valence-corrected chi connectivity index (χ0v) is 14.3. The molecule has 4 heteroatoms. The van der Waals surface area contributed by atoms with Crippen molar-refractivity contribution in [3.8, 4) is 0 Å². The lowest BCUT2D eigenvalue weighted by Crippen LogP contribution is -2.35. The van der Waals surface area contributed by atoms with Gasteiger partial charge in [-0.15, -0.1) is 11.3 Å². The largest absolute Gasteiger partial charge is 0.375 e. The molecular formula is C16H30N2OS. The van der Waals surface area contributed by atoms with E-state index in [4.69, 9.17) is 4.74 Å². The van der Waals surface area contributed by atoms with E-state index >= 15 is 0 Å². The Morgan fingerprint density at radius 1 is 1.20 bits per heavy atom. The number of hydrogen-bond donors (Lipinski definition) is 1. The van der Waals surface area contributed by atoms with Crippen LogP contribution in [-0.4, -0.2) is 17.1 Å². The first-order valence-corrected chi connectivity index (χ1v) is 8.65. The van der Waals surface area contributed by atoms with Gasteiger partial charge in [0, 0.05) is 24.1 Å². The number of hydrogen-bond acceptors (Lipinski definition) is 4. The smallest absolute Gasteiger partial charge is 0.107 e. The van der Waals surface area contributed by atoms with Crippen molar-refractivity contribution in [2.75, 3.05) is 6.61 Å². The lowest BCUT2D eigenvalue weighted by Gasteiger charge is -2.19. The Bertz CT molecular complexity index is 358. The Labute approximate surface area is 128 Å². The average molecular weight is 298 g/mol. The number of nitrogens with zero attached hydrogens (tertiary/aromatic N) is 1. The number of thiazole rings is 1. The molecule has 0 unspecified atom stereocenters. The molecule has 0 bridgehead atoms. The van der Waals surface area contributed by atoms with E-state index < -0.39 is 0 Å². The summed E-state index contributed by atoms with van der Waals surface area (Å²) in [5, 5.41) is 6.70. The van der Waals surface area contributed by atoms with E-state index in [1.165, 1.54) is 32.1 Å². The Hall–Kier alpha value is -0.450. The van der Waals surface area contributed by atoms with E-state index in [9.17, 15) is 0 Å². The third kappa shape index (κ3) is 8.67. The highest BCUT2D eigenvalue weighted by molar-refractivity contribution is 7.09. The lowest BCUT2D eigenvalue weighted by molar-refractivity contribution is 0.114. The van der Waals surface area contributed by atoms with E-state index in [1.807, 2.05) is 0 Å². The van der Waals surface area contributed by atoms with Gasteiger partial charge in [0.2, 0.25) is 0 Å². The number of rotatable bonds is 10. The zero-order chi connectivity index (χ0) is 14.8. The van der Waals surface area contributed by atoms with Crippen LogP contribution in [0.5, 0.6) is 0 Å². The SMILES string of the molecule is CCCCCCCOCc1csc(CNC(C)(C)C)n1. The molecule has 116 valence electrons. The van der Waals surface area contributed by atoms with Crippen molar-refractivity contribution in [3.05, 3.63) is 16.1 Å². The Kier molecular flexibility index (Phi) is 8.34. The summed E-state index contributed by atoms with van der Waals surface area (Å²) in [6.07, 6.45) is 6.43. The standard InChI is InChI=1S/C16H30N2OS/c1-5-6-7-8-9-10-19-12-14-13-20-15(18-14)11-17-16(2,3)4/h13,17H,5-12H2,1-4H3. The normalized spacial score (nSPS) is 12.0. The van der Waals surface area contributed by atoms with Crippen LogP contribution in [0.2, 0.25) is 0 Å². The molecule has 1 aromatic heterocycles. The molecule has 0 saturated heterocycles. The minimum atomic E-state index is 0.140. The minimum absolute atomic E-state index is 0.140. The van der Waals surface area contributed by atoms with Crippen LogP contribution in [0.1, 0.15) is 70.5 Å². The fourth-order valence-corrected chi connectivity index (χ4v) is 2.54. The average Bonchev–Trinajstić information content (AvgIpc) is 2.82. The molecule has 0 amide bonds. The molecule has 3 nitrogen and oxygen atoms in total. The number of aromatic nitrogens is 1. The van der Waals surface area contributed by atoms with Crippen molar-refractivity contribution < 1.29 is 4.74 Å². The highest BCUT2D eigenvalue weighted by Gasteiger charge is 2.10. The quantitative estimate of drug-likeness (QED) is 0.645. The molecule has 0 atom stereocenters. The number of ether oxygens (including phenoxy) is 1. The molecule has 0 spiro atoms. The van der Waals surface area contributed by atoms with Gasteiger partial charge in [0.15, 0.2) is 0 Å². The van der Waals surface area contributed by atoms with Gasteiger partial charge in [0.25, 0.3) is 0 Å². The molecule has 0 saturated carbocycles. The third-order valence-corrected chi connectivity index (χ3v) is 3.91. The predicted octanol–water partition coefficient (Wildman–Crippen LogP) is 4.52. The fourth-order valence-electron chi connectivity index (χ4n) is 1.82. The van der Waals surface area contributed by atoms with Gasteiger partial charge in [-0.1, -0.05) is 32.6 Å². The summed E-state index contributed by atoms with van der Waals surface area (Å²) in [7, 11) is 0. The second kappa shape index (κ2) is 9.48. The molecule has 0 aromatic carbocycles. The van der Waals surface area contributed by atoms with Crippen molar-refractivity contribution in [2.45, 2.75) is 78.5 Å². The van der Waals surface area contributed by atoms with Crippen molar-refractivity contribution in [3.63, 3.8) is 0 Å². The molecule has 20 heavy (non-hydrogen) atoms. The summed E-state index contributed by atoms with van der Waals surface area (Å²) >= 11 is 1.71. The maximum atomic E-state index is 5.68. The molecule has 1 rings (SSSR count). The van der Waals surface area contributed by atoms with Crippen LogP contribution in [0.15, 0.2) is 5.38 Å². The van der Waals surface area contributed by atoms with E-state index in [0.717, 1.165) is 23.9 Å². The zero-order valence-electron chi connectivity index (χ0n) is 13.5. The van der Waals surface area contributed by atoms with Crippen LogP contribution in [0, 0.1) is 0 Å². The predicted molar refractivity (Wildman–Crippen MR) is 87.1 cm³/mol. The lowest BCUT2D eigenvalue weighted by atomic mass is 10.1. The molecule has 0 fully saturated rings. The monoisotopic (exact) mass is 298 g/mol. The van der Waals surface area contributed by atoms with Gasteiger partial charge in [-0.3, -0.25) is 0 Å². The van der Waals surface area contributed by atoms with Crippen LogP contribution < -0.4 is 5.32 Å². The Morgan fingerprint density at radius 2 is 1.95 bits per heavy atom. The fraction of sp³-hybridized carbons (Fsp3) is 0.812. The third-order valence-electron chi connectivity index (χ3n) is 3.01. The summed E-state index contributed by atoms with van der Waals surface area (Å²) in [5.41, 5.74) is 1.20. The Morgan fingerprint density at radius 3 is 2.65 bits per heavy atom. The molecule has 1 N–H and O–H groups in total. The van der Waals surface area contributed by atoms with Crippen molar-refractivity contribution >= 4 is 11.3 Å². The maximum Gasteiger partial charge on any atom is 0.107 e. The van der Waals surface area contributed by atoms with Gasteiger partial charge >= 0.3 is 0 Å². The van der Waals surface area contributed by atoms with Crippen molar-refractivity contribution in [1.82, 2.24) is 10.3 Å². The van der Waals surface area contributed by atoms with Gasteiger partial charge < -0.3 is 10.1 Å². The molecule has 0 aliphatic rings. The molecule has 1 heterocycles. The van der Waals surface area contributed by atoms with Gasteiger partial charge in [0.1, 0.15) is 5.01 Å². The summed E-state index contributed by atoms with van der Waals surface area (Å²) in [4.78, 5) is 4.59. The van der Waals surface area contributed by atoms with Crippen LogP contribution in [0.25, 0.3) is 0 Å². The molecule has 0 radical (unpaired) electrons. The second-order valence-electron chi connectivity index (χ2n) is 6.30. The van der Waals surface area contributed by atoms with Crippen LogP contribution in [-0.2, 0) is 17.9 Å². The van der Waals surface area contributed by atoms with Crippen molar-refractivity contribution in [1.29, 1.82) is 0 Å². The molecule has 0 aliphatic heterocycles. The molecule has 1 aromatic rings. The van der Waals surface area contributed by atoms with Gasteiger partial charge in [-0.2, -0.15) is 0 Å². The summed E-state index contributed by atoms with van der Waals surface area (Å²) < 4.78 is 5.68. The summed E-state index contributed by atoms with van der Waals surface area (Å²) in [6, 6.07) is 0. The van der Waals surface area contributed by atoms with Crippen LogP contribution >= 0.6 is 11.3 Å². The number of nitrogens with one attached hydrogen (secondary N) is 1. The number of unbranched alkanes of at least 4 members (excludes halogenated alkanes) is 4. The highest BCUT2D eigenvalue weighted by atomic mass is 32.1. The maximum absolute atomic E-state index is 5.68. The van der Waals surface area contributed by atoms with Crippen LogP contribution in [0.4, 0.5) is 0 Å². The summed E-state index contributed by atoms with van der Waals surface area (Å²) in [5.74, 6) is 0. The molecular weight excluding hydrogens is 268 g/mol. The minimum Gasteiger partial charge on any atom is -0.375 e. The first-order chi connectivity index (χ1) is 9.51. The first-order valence-electron chi connectivity index (χ1n) is 7.77. The highest BCUT2D eigenvalue weighted by Crippen LogP contribution is 2.12. The Balaban J connectivity index is 2.11. The van der Waals surface area contributed by atoms with E-state index in [2.05, 4.69) is 43.4 Å². The van der Waals surface area contributed by atoms with Crippen molar-refractivity contribution in [2.24, 2.45) is 0 Å². The second-order valence-corrected chi connectivity index (χ2v) is 7.25. The first kappa shape index (κ1) is 17.6. The van der Waals surface area contributed by atoms with E-state index in [0.29, 0.717) is 6.61 Å².